The molecule has 3 rings (SSSR count). The van der Waals surface area contributed by atoms with Crippen molar-refractivity contribution in [1.29, 1.82) is 0 Å². The quantitative estimate of drug-likeness (QED) is 0.0825. The number of thioether (sulfide) groups is 1. The van der Waals surface area contributed by atoms with E-state index in [0.29, 0.717) is 29.0 Å². The molecule has 0 spiro atoms. The van der Waals surface area contributed by atoms with Gasteiger partial charge < -0.3 is 29.1 Å². The van der Waals surface area contributed by atoms with E-state index in [1.54, 1.807) is 19.2 Å². The highest BCUT2D eigenvalue weighted by molar-refractivity contribution is 8.03. The maximum Gasteiger partial charge on any atom is 0.223 e. The van der Waals surface area contributed by atoms with Crippen LogP contribution >= 0.6 is 11.8 Å². The summed E-state index contributed by atoms with van der Waals surface area (Å²) in [5, 5.41) is 15.9. The van der Waals surface area contributed by atoms with Gasteiger partial charge in [0, 0.05) is 30.3 Å². The molecule has 0 aliphatic heterocycles. The Bertz CT molecular complexity index is 1440. The first-order chi connectivity index (χ1) is 20.8. The van der Waals surface area contributed by atoms with Gasteiger partial charge >= 0.3 is 0 Å². The van der Waals surface area contributed by atoms with Gasteiger partial charge in [0.25, 0.3) is 0 Å². The zero-order valence-electron chi connectivity index (χ0n) is 26.7. The number of methoxy groups -OCH3 is 1. The first-order valence-electron chi connectivity index (χ1n) is 13.9. The summed E-state index contributed by atoms with van der Waals surface area (Å²) >= 11 is 1.27. The predicted molar refractivity (Wildman–Crippen MR) is 173 cm³/mol. The number of hydrogen-bond acceptors (Lipinski definition) is 12. The Balaban J connectivity index is 1.95. The SMILES string of the molecule is COc1cc(OCCO[Si](C)(C)C(C)(C)C)c(F)c(C(=NCc2ccc(-c3noc(C)n3)cc2)C(=CNN([O-])OC)SC)c1. The van der Waals surface area contributed by atoms with Crippen molar-refractivity contribution in [3.05, 3.63) is 75.5 Å². The molecule has 0 unspecified atom stereocenters. The Kier molecular flexibility index (Phi) is 12.5. The molecule has 0 radical (unpaired) electrons. The van der Waals surface area contributed by atoms with E-state index in [-0.39, 0.29) is 40.6 Å². The molecule has 240 valence electrons. The van der Waals surface area contributed by atoms with E-state index in [9.17, 15) is 5.21 Å². The van der Waals surface area contributed by atoms with Gasteiger partial charge in [-0.25, -0.2) is 4.39 Å². The Morgan fingerprint density at radius 1 is 1.18 bits per heavy atom. The fourth-order valence-corrected chi connectivity index (χ4v) is 5.23. The molecule has 0 fully saturated rings. The van der Waals surface area contributed by atoms with Crippen LogP contribution in [0.15, 0.2) is 57.0 Å². The summed E-state index contributed by atoms with van der Waals surface area (Å²) in [6, 6.07) is 10.5. The van der Waals surface area contributed by atoms with Crippen LogP contribution in [0.1, 0.15) is 37.8 Å². The third-order valence-corrected chi connectivity index (χ3v) is 12.5. The second-order valence-electron chi connectivity index (χ2n) is 11.2. The number of aromatic nitrogens is 2. The summed E-state index contributed by atoms with van der Waals surface area (Å²) < 4.78 is 38.8. The van der Waals surface area contributed by atoms with E-state index in [1.807, 2.05) is 24.3 Å². The van der Waals surface area contributed by atoms with Crippen LogP contribution in [0.4, 0.5) is 4.39 Å². The molecule has 11 nitrogen and oxygen atoms in total. The average molecular weight is 647 g/mol. The molecule has 3 aromatic rings. The molecule has 0 saturated heterocycles. The molecule has 1 aromatic heterocycles. The maximum atomic E-state index is 16.1. The van der Waals surface area contributed by atoms with Gasteiger partial charge in [0.15, 0.2) is 19.9 Å². The summed E-state index contributed by atoms with van der Waals surface area (Å²) in [6.07, 6.45) is 3.19. The van der Waals surface area contributed by atoms with Crippen LogP contribution in [0.25, 0.3) is 11.4 Å². The number of ether oxygens (including phenoxy) is 2. The minimum absolute atomic E-state index is 0.00129. The third-order valence-electron chi connectivity index (χ3n) is 7.19. The van der Waals surface area contributed by atoms with Crippen molar-refractivity contribution in [3.8, 4) is 22.9 Å². The molecule has 1 N–H and O–H groups in total. The van der Waals surface area contributed by atoms with E-state index in [1.165, 1.54) is 38.2 Å². The van der Waals surface area contributed by atoms with Crippen LogP contribution in [0, 0.1) is 17.9 Å². The standard InChI is InChI=1S/C30H41FN5O6SSi/c1-20-34-29(35-42-20)22-12-10-21(11-13-22)18-32-28(26(43-7)19-33-36(37)39-6)24-16-23(38-5)17-25(27(24)31)40-14-15-41-44(8,9)30(2,3)4/h10-13,16-17,19,33H,14-15,18H2,1-9H3/q-1. The lowest BCUT2D eigenvalue weighted by molar-refractivity contribution is -0.117. The van der Waals surface area contributed by atoms with Gasteiger partial charge in [0.1, 0.15) is 12.4 Å². The second-order valence-corrected chi connectivity index (χ2v) is 16.9. The number of allylic oxidation sites excluding steroid dienone is 1. The molecule has 0 aliphatic carbocycles. The van der Waals surface area contributed by atoms with Crippen LogP contribution in [0.3, 0.4) is 0 Å². The van der Waals surface area contributed by atoms with Crippen molar-refractivity contribution in [2.45, 2.75) is 52.4 Å². The van der Waals surface area contributed by atoms with Crippen LogP contribution in [0.5, 0.6) is 11.5 Å². The van der Waals surface area contributed by atoms with Gasteiger partial charge in [-0.3, -0.25) is 9.83 Å². The molecule has 0 atom stereocenters. The highest BCUT2D eigenvalue weighted by Gasteiger charge is 2.37. The van der Waals surface area contributed by atoms with Crippen molar-refractivity contribution >= 4 is 25.8 Å². The van der Waals surface area contributed by atoms with Gasteiger partial charge in [-0.2, -0.15) is 10.3 Å². The molecule has 2 aromatic carbocycles. The number of hydrogen-bond donors (Lipinski definition) is 1. The molecular weight excluding hydrogens is 606 g/mol. The zero-order chi connectivity index (χ0) is 32.5. The first kappa shape index (κ1) is 35.2. The van der Waals surface area contributed by atoms with E-state index in [4.69, 9.17) is 23.4 Å². The van der Waals surface area contributed by atoms with Crippen molar-refractivity contribution in [2.75, 3.05) is 33.7 Å². The number of hydrazine groups is 1. The number of rotatable bonds is 15. The number of halogens is 1. The Morgan fingerprint density at radius 3 is 2.45 bits per heavy atom. The summed E-state index contributed by atoms with van der Waals surface area (Å²) in [6.45, 7) is 13.2. The van der Waals surface area contributed by atoms with Crippen molar-refractivity contribution in [2.24, 2.45) is 4.99 Å². The highest BCUT2D eigenvalue weighted by atomic mass is 32.2. The normalized spacial score (nSPS) is 13.0. The third kappa shape index (κ3) is 9.36. The van der Waals surface area contributed by atoms with Gasteiger partial charge in [-0.1, -0.05) is 50.2 Å². The van der Waals surface area contributed by atoms with Gasteiger partial charge in [-0.05, 0) is 36.0 Å². The lowest BCUT2D eigenvalue weighted by Crippen LogP contribution is -2.41. The average Bonchev–Trinajstić information content (AvgIpc) is 3.43. The fraction of sp³-hybridized carbons (Fsp3) is 0.433. The molecule has 0 bridgehead atoms. The Labute approximate surface area is 263 Å². The maximum absolute atomic E-state index is 16.1. The summed E-state index contributed by atoms with van der Waals surface area (Å²) in [4.78, 5) is 14.1. The largest absolute Gasteiger partial charge is 0.743 e. The lowest BCUT2D eigenvalue weighted by Gasteiger charge is -2.36. The van der Waals surface area contributed by atoms with Crippen molar-refractivity contribution in [1.82, 2.24) is 20.9 Å². The first-order valence-corrected chi connectivity index (χ1v) is 18.0. The van der Waals surface area contributed by atoms with E-state index in [2.05, 4.69) is 54.3 Å². The number of aryl methyl sites for hydroxylation is 1. The van der Waals surface area contributed by atoms with E-state index < -0.39 is 14.1 Å². The molecule has 44 heavy (non-hydrogen) atoms. The predicted octanol–water partition coefficient (Wildman–Crippen LogP) is 6.65. The van der Waals surface area contributed by atoms with E-state index >= 15 is 4.39 Å². The van der Waals surface area contributed by atoms with Gasteiger partial charge in [0.05, 0.1) is 38.0 Å². The van der Waals surface area contributed by atoms with Crippen LogP contribution in [0.2, 0.25) is 18.1 Å². The molecule has 0 saturated carbocycles. The topological polar surface area (TPSA) is 127 Å². The van der Waals surface area contributed by atoms with Crippen molar-refractivity contribution < 1.29 is 27.7 Å². The highest BCUT2D eigenvalue weighted by Crippen LogP contribution is 2.36. The zero-order valence-corrected chi connectivity index (χ0v) is 28.5. The van der Waals surface area contributed by atoms with Crippen LogP contribution in [-0.2, 0) is 15.8 Å². The van der Waals surface area contributed by atoms with Crippen LogP contribution < -0.4 is 14.9 Å². The van der Waals surface area contributed by atoms with E-state index in [0.717, 1.165) is 11.1 Å². The smallest absolute Gasteiger partial charge is 0.223 e. The lowest BCUT2D eigenvalue weighted by atomic mass is 10.1. The minimum atomic E-state index is -2.00. The summed E-state index contributed by atoms with van der Waals surface area (Å²) in [7, 11) is 0.719. The molecule has 1 heterocycles. The Hall–Kier alpha value is -3.27. The monoisotopic (exact) mass is 646 g/mol. The number of benzene rings is 2. The molecule has 14 heteroatoms. The number of nitrogens with zero attached hydrogens (tertiary/aromatic N) is 4. The number of aliphatic imine (C=N–C) groups is 1. The molecule has 0 aliphatic rings. The minimum Gasteiger partial charge on any atom is -0.743 e. The molecule has 0 amide bonds. The van der Waals surface area contributed by atoms with Crippen LogP contribution in [-0.4, -0.2) is 63.2 Å². The second kappa shape index (κ2) is 15.6. The summed E-state index contributed by atoms with van der Waals surface area (Å²) in [5.74, 6) is 0.717. The van der Waals surface area contributed by atoms with Crippen molar-refractivity contribution in [3.63, 3.8) is 0 Å². The Morgan fingerprint density at radius 2 is 1.89 bits per heavy atom. The fourth-order valence-electron chi connectivity index (χ4n) is 3.66. The summed E-state index contributed by atoms with van der Waals surface area (Å²) in [5.41, 5.74) is 4.53. The molecular formula is C30H41FN5O6SSi-. The van der Waals surface area contributed by atoms with Gasteiger partial charge in [0.2, 0.25) is 11.7 Å². The number of nitrogens with one attached hydrogen (secondary N) is 1. The van der Waals surface area contributed by atoms with Gasteiger partial charge in [-0.15, -0.1) is 11.8 Å².